The van der Waals surface area contributed by atoms with Crippen LogP contribution < -0.4 is 4.74 Å². The molecule has 0 N–H and O–H groups in total. The molecule has 2 heteroatoms. The van der Waals surface area contributed by atoms with Crippen molar-refractivity contribution in [3.05, 3.63) is 29.8 Å². The fraction of sp³-hybridized carbons (Fsp3) is 0.538. The van der Waals surface area contributed by atoms with Crippen molar-refractivity contribution >= 4 is 15.9 Å². The molecule has 1 nitrogen and oxygen atoms in total. The molecule has 1 unspecified atom stereocenters. The predicted octanol–water partition coefficient (Wildman–Crippen LogP) is 4.04. The molecule has 0 aliphatic rings. The lowest BCUT2D eigenvalue weighted by molar-refractivity contribution is 0.226. The second kappa shape index (κ2) is 6.16. The molecule has 0 saturated carbocycles. The van der Waals surface area contributed by atoms with Gasteiger partial charge in [0.2, 0.25) is 0 Å². The highest BCUT2D eigenvalue weighted by Gasteiger charge is 2.12. The molecular formula is C13H19BrO. The quantitative estimate of drug-likeness (QED) is 0.734. The maximum absolute atomic E-state index is 5.82. The van der Waals surface area contributed by atoms with Gasteiger partial charge in [0.05, 0.1) is 6.61 Å². The third-order valence-corrected chi connectivity index (χ3v) is 3.52. The topological polar surface area (TPSA) is 9.23 Å². The van der Waals surface area contributed by atoms with Gasteiger partial charge in [-0.1, -0.05) is 48.0 Å². The minimum Gasteiger partial charge on any atom is -0.493 e. The Morgan fingerprint density at radius 3 is 2.47 bits per heavy atom. The van der Waals surface area contributed by atoms with Crippen LogP contribution in [0.4, 0.5) is 0 Å². The first-order chi connectivity index (χ1) is 7.15. The van der Waals surface area contributed by atoms with Gasteiger partial charge in [0.1, 0.15) is 5.75 Å². The van der Waals surface area contributed by atoms with Crippen LogP contribution in [-0.2, 0) is 0 Å². The third-order valence-electron chi connectivity index (χ3n) is 2.69. The third kappa shape index (κ3) is 3.86. The lowest BCUT2D eigenvalue weighted by Gasteiger charge is -2.19. The van der Waals surface area contributed by atoms with E-state index in [-0.39, 0.29) is 0 Å². The standard InChI is InChI=1S/C13H19BrO/c1-10(2)12(8-14)9-15-13-7-5-4-6-11(13)3/h4-7,10,12H,8-9H2,1-3H3. The maximum Gasteiger partial charge on any atom is 0.122 e. The molecule has 1 rings (SSSR count). The SMILES string of the molecule is Cc1ccccc1OCC(CBr)C(C)C. The summed E-state index contributed by atoms with van der Waals surface area (Å²) in [7, 11) is 0. The zero-order valence-corrected chi connectivity index (χ0v) is 11.3. The highest BCUT2D eigenvalue weighted by atomic mass is 79.9. The van der Waals surface area contributed by atoms with Crippen molar-refractivity contribution in [1.82, 2.24) is 0 Å². The lowest BCUT2D eigenvalue weighted by atomic mass is 9.99. The van der Waals surface area contributed by atoms with Crippen molar-refractivity contribution in [3.8, 4) is 5.75 Å². The summed E-state index contributed by atoms with van der Waals surface area (Å²) in [5.41, 5.74) is 1.20. The number of para-hydroxylation sites is 1. The van der Waals surface area contributed by atoms with Gasteiger partial charge < -0.3 is 4.74 Å². The fourth-order valence-electron chi connectivity index (χ4n) is 1.33. The van der Waals surface area contributed by atoms with Crippen molar-refractivity contribution in [2.45, 2.75) is 20.8 Å². The van der Waals surface area contributed by atoms with Gasteiger partial charge in [-0.15, -0.1) is 0 Å². The van der Waals surface area contributed by atoms with Gasteiger partial charge in [-0.2, -0.15) is 0 Å². The van der Waals surface area contributed by atoms with E-state index < -0.39 is 0 Å². The van der Waals surface area contributed by atoms with Crippen LogP contribution in [0.15, 0.2) is 24.3 Å². The Hall–Kier alpha value is -0.500. The summed E-state index contributed by atoms with van der Waals surface area (Å²) >= 11 is 3.53. The Bertz CT molecular complexity index is 296. The number of hydrogen-bond donors (Lipinski definition) is 0. The van der Waals surface area contributed by atoms with E-state index in [0.29, 0.717) is 11.8 Å². The zero-order chi connectivity index (χ0) is 11.3. The number of aryl methyl sites for hydroxylation is 1. The monoisotopic (exact) mass is 270 g/mol. The zero-order valence-electron chi connectivity index (χ0n) is 9.66. The van der Waals surface area contributed by atoms with Crippen LogP contribution in [0.1, 0.15) is 19.4 Å². The van der Waals surface area contributed by atoms with E-state index in [1.165, 1.54) is 5.56 Å². The highest BCUT2D eigenvalue weighted by molar-refractivity contribution is 9.09. The van der Waals surface area contributed by atoms with Gasteiger partial charge in [0, 0.05) is 11.2 Å². The van der Waals surface area contributed by atoms with E-state index in [9.17, 15) is 0 Å². The Balaban J connectivity index is 2.53. The van der Waals surface area contributed by atoms with E-state index in [1.54, 1.807) is 0 Å². The Morgan fingerprint density at radius 1 is 1.27 bits per heavy atom. The van der Waals surface area contributed by atoms with Gasteiger partial charge in [-0.3, -0.25) is 0 Å². The highest BCUT2D eigenvalue weighted by Crippen LogP contribution is 2.20. The molecular weight excluding hydrogens is 252 g/mol. The van der Waals surface area contributed by atoms with Crippen molar-refractivity contribution in [3.63, 3.8) is 0 Å². The minimum atomic E-state index is 0.574. The predicted molar refractivity (Wildman–Crippen MR) is 68.8 cm³/mol. The molecule has 0 aliphatic carbocycles. The molecule has 0 heterocycles. The van der Waals surface area contributed by atoms with Crippen molar-refractivity contribution in [2.75, 3.05) is 11.9 Å². The molecule has 1 atom stereocenters. The minimum absolute atomic E-state index is 0.574. The second-order valence-electron chi connectivity index (χ2n) is 4.23. The summed E-state index contributed by atoms with van der Waals surface area (Å²) < 4.78 is 5.82. The number of ether oxygens (including phenoxy) is 1. The summed E-state index contributed by atoms with van der Waals surface area (Å²) in [6.45, 7) is 7.32. The van der Waals surface area contributed by atoms with E-state index in [0.717, 1.165) is 17.7 Å². The molecule has 15 heavy (non-hydrogen) atoms. The largest absolute Gasteiger partial charge is 0.493 e. The number of rotatable bonds is 5. The Kier molecular flexibility index (Phi) is 5.16. The first-order valence-corrected chi connectivity index (χ1v) is 6.51. The first kappa shape index (κ1) is 12.6. The molecule has 1 aromatic rings. The number of halogens is 1. The molecule has 0 aliphatic heterocycles. The van der Waals surface area contributed by atoms with Gasteiger partial charge in [0.25, 0.3) is 0 Å². The summed E-state index contributed by atoms with van der Waals surface area (Å²) in [5.74, 6) is 2.22. The molecule has 0 aromatic heterocycles. The van der Waals surface area contributed by atoms with Crippen molar-refractivity contribution in [1.29, 1.82) is 0 Å². The van der Waals surface area contributed by atoms with Crippen molar-refractivity contribution < 1.29 is 4.74 Å². The smallest absolute Gasteiger partial charge is 0.122 e. The van der Waals surface area contributed by atoms with Gasteiger partial charge in [-0.25, -0.2) is 0 Å². The fourth-order valence-corrected chi connectivity index (χ4v) is 2.26. The van der Waals surface area contributed by atoms with E-state index >= 15 is 0 Å². The van der Waals surface area contributed by atoms with E-state index in [1.807, 2.05) is 18.2 Å². The van der Waals surface area contributed by atoms with Crippen LogP contribution in [-0.4, -0.2) is 11.9 Å². The number of hydrogen-bond acceptors (Lipinski definition) is 1. The van der Waals surface area contributed by atoms with Gasteiger partial charge in [0.15, 0.2) is 0 Å². The van der Waals surface area contributed by atoms with Crippen LogP contribution in [0.5, 0.6) is 5.75 Å². The average molecular weight is 271 g/mol. The normalized spacial score (nSPS) is 12.9. The van der Waals surface area contributed by atoms with E-state index in [2.05, 4.69) is 42.8 Å². The number of benzene rings is 1. The lowest BCUT2D eigenvalue weighted by Crippen LogP contribution is -2.19. The molecule has 0 radical (unpaired) electrons. The van der Waals surface area contributed by atoms with Crippen LogP contribution >= 0.6 is 15.9 Å². The number of alkyl halides is 1. The molecule has 0 fully saturated rings. The second-order valence-corrected chi connectivity index (χ2v) is 4.88. The van der Waals surface area contributed by atoms with Gasteiger partial charge in [-0.05, 0) is 24.5 Å². The Morgan fingerprint density at radius 2 is 1.93 bits per heavy atom. The summed E-state index contributed by atoms with van der Waals surface area (Å²) in [4.78, 5) is 0. The molecule has 0 bridgehead atoms. The molecule has 1 aromatic carbocycles. The molecule has 0 saturated heterocycles. The van der Waals surface area contributed by atoms with Crippen LogP contribution in [0.3, 0.4) is 0 Å². The summed E-state index contributed by atoms with van der Waals surface area (Å²) in [5, 5.41) is 0.997. The maximum atomic E-state index is 5.82. The molecule has 0 spiro atoms. The van der Waals surface area contributed by atoms with Crippen LogP contribution in [0, 0.1) is 18.8 Å². The van der Waals surface area contributed by atoms with Gasteiger partial charge >= 0.3 is 0 Å². The van der Waals surface area contributed by atoms with Crippen molar-refractivity contribution in [2.24, 2.45) is 11.8 Å². The Labute approximate surface area is 101 Å². The molecule has 0 amide bonds. The molecule has 84 valence electrons. The average Bonchev–Trinajstić information content (AvgIpc) is 2.21. The van der Waals surface area contributed by atoms with Crippen LogP contribution in [0.25, 0.3) is 0 Å². The van der Waals surface area contributed by atoms with Crippen LogP contribution in [0.2, 0.25) is 0 Å². The summed E-state index contributed by atoms with van der Waals surface area (Å²) in [6, 6.07) is 8.16. The first-order valence-electron chi connectivity index (χ1n) is 5.39. The summed E-state index contributed by atoms with van der Waals surface area (Å²) in [6.07, 6.45) is 0. The van der Waals surface area contributed by atoms with E-state index in [4.69, 9.17) is 4.74 Å².